The lowest BCUT2D eigenvalue weighted by atomic mass is 10.1. The molecule has 1 N–H and O–H groups in total. The van der Waals surface area contributed by atoms with Gasteiger partial charge in [0.25, 0.3) is 11.5 Å². The predicted molar refractivity (Wildman–Crippen MR) is 102 cm³/mol. The monoisotopic (exact) mass is 366 g/mol. The van der Waals surface area contributed by atoms with E-state index in [4.69, 9.17) is 11.6 Å². The van der Waals surface area contributed by atoms with Crippen molar-refractivity contribution in [3.05, 3.63) is 69.6 Å². The summed E-state index contributed by atoms with van der Waals surface area (Å²) in [7, 11) is 3.33. The Morgan fingerprint density at radius 1 is 1.15 bits per heavy atom. The first-order valence-electron chi connectivity index (χ1n) is 7.97. The van der Waals surface area contributed by atoms with Gasteiger partial charge in [0.15, 0.2) is 0 Å². The Kier molecular flexibility index (Phi) is 3.77. The van der Waals surface area contributed by atoms with Crippen LogP contribution in [0.3, 0.4) is 0 Å². The largest absolute Gasteiger partial charge is 0.345 e. The first-order valence-corrected chi connectivity index (χ1v) is 8.35. The molecular formula is C19H15ClN4O2. The summed E-state index contributed by atoms with van der Waals surface area (Å²) in [5.74, 6) is 0.417. The maximum Gasteiger partial charge on any atom is 0.274 e. The van der Waals surface area contributed by atoms with Crippen LogP contribution < -0.4 is 5.56 Å². The SMILES string of the molecule is CN(C)C(=O)c1cc2c(cc1Cl)[nH]c(=O)c1cnc(-c3ccccc3)n12. The molecule has 2 heterocycles. The normalized spacial score (nSPS) is 11.2. The zero-order valence-corrected chi connectivity index (χ0v) is 14.9. The number of H-pyrrole nitrogens is 1. The standard InChI is InChI=1S/C19H15ClN4O2/c1-23(2)19(26)12-8-15-14(9-13(12)20)22-18(25)16-10-21-17(24(15)16)11-6-4-3-5-7-11/h3-10H,1-2H3,(H,22,25). The molecule has 26 heavy (non-hydrogen) atoms. The summed E-state index contributed by atoms with van der Waals surface area (Å²) >= 11 is 6.28. The molecule has 0 spiro atoms. The number of amides is 1. The highest BCUT2D eigenvalue weighted by molar-refractivity contribution is 6.34. The molecule has 4 aromatic rings. The third-order valence-electron chi connectivity index (χ3n) is 4.24. The smallest absolute Gasteiger partial charge is 0.274 e. The van der Waals surface area contributed by atoms with E-state index >= 15 is 0 Å². The van der Waals surface area contributed by atoms with Gasteiger partial charge >= 0.3 is 0 Å². The van der Waals surface area contributed by atoms with Crippen LogP contribution in [-0.2, 0) is 0 Å². The molecule has 0 saturated heterocycles. The van der Waals surface area contributed by atoms with E-state index in [2.05, 4.69) is 9.97 Å². The van der Waals surface area contributed by atoms with E-state index < -0.39 is 0 Å². The van der Waals surface area contributed by atoms with Gasteiger partial charge in [-0.25, -0.2) is 4.98 Å². The van der Waals surface area contributed by atoms with Crippen LogP contribution in [0, 0.1) is 0 Å². The van der Waals surface area contributed by atoms with Gasteiger partial charge in [0, 0.05) is 19.7 Å². The van der Waals surface area contributed by atoms with Crippen molar-refractivity contribution in [2.75, 3.05) is 14.1 Å². The van der Waals surface area contributed by atoms with Gasteiger partial charge in [0.1, 0.15) is 11.3 Å². The van der Waals surface area contributed by atoms with Gasteiger partial charge in [-0.15, -0.1) is 0 Å². The Bertz CT molecular complexity index is 1210. The molecule has 0 aliphatic rings. The Morgan fingerprint density at radius 3 is 2.58 bits per heavy atom. The minimum atomic E-state index is -0.269. The molecule has 0 unspecified atom stereocenters. The van der Waals surface area contributed by atoms with Crippen LogP contribution in [0.15, 0.2) is 53.5 Å². The fraction of sp³-hybridized carbons (Fsp3) is 0.105. The number of hydrogen-bond donors (Lipinski definition) is 1. The summed E-state index contributed by atoms with van der Waals surface area (Å²) in [6.07, 6.45) is 1.53. The highest BCUT2D eigenvalue weighted by Gasteiger charge is 2.18. The summed E-state index contributed by atoms with van der Waals surface area (Å²) < 4.78 is 1.76. The summed E-state index contributed by atoms with van der Waals surface area (Å²) in [5.41, 5.74) is 2.57. The zero-order chi connectivity index (χ0) is 18.4. The minimum Gasteiger partial charge on any atom is -0.345 e. The number of halogens is 1. The van der Waals surface area contributed by atoms with E-state index in [9.17, 15) is 9.59 Å². The molecule has 0 atom stereocenters. The Balaban J connectivity index is 2.13. The fourth-order valence-corrected chi connectivity index (χ4v) is 3.23. The van der Waals surface area contributed by atoms with E-state index in [1.165, 1.54) is 11.1 Å². The summed E-state index contributed by atoms with van der Waals surface area (Å²) in [6, 6.07) is 12.9. The first-order chi connectivity index (χ1) is 12.5. The maximum absolute atomic E-state index is 12.4. The first kappa shape index (κ1) is 16.4. The summed E-state index contributed by atoms with van der Waals surface area (Å²) in [6.45, 7) is 0. The average molecular weight is 367 g/mol. The number of fused-ring (bicyclic) bond motifs is 3. The molecule has 130 valence electrons. The molecule has 1 amide bonds. The zero-order valence-electron chi connectivity index (χ0n) is 14.2. The molecule has 4 rings (SSSR count). The van der Waals surface area contributed by atoms with Crippen molar-refractivity contribution in [2.45, 2.75) is 0 Å². The van der Waals surface area contributed by atoms with Gasteiger partial charge in [-0.3, -0.25) is 14.0 Å². The van der Waals surface area contributed by atoms with Gasteiger partial charge < -0.3 is 9.88 Å². The van der Waals surface area contributed by atoms with Gasteiger partial charge in [0.2, 0.25) is 0 Å². The molecule has 0 aliphatic heterocycles. The molecule has 0 fully saturated rings. The second-order valence-electron chi connectivity index (χ2n) is 6.17. The van der Waals surface area contributed by atoms with Crippen molar-refractivity contribution >= 4 is 34.1 Å². The van der Waals surface area contributed by atoms with Gasteiger partial charge in [0.05, 0.1) is 27.8 Å². The molecular weight excluding hydrogens is 352 g/mol. The Labute approximate surface area is 153 Å². The quantitative estimate of drug-likeness (QED) is 0.592. The number of nitrogens with one attached hydrogen (secondary N) is 1. The number of hydrogen-bond acceptors (Lipinski definition) is 3. The van der Waals surface area contributed by atoms with E-state index in [1.807, 2.05) is 30.3 Å². The van der Waals surface area contributed by atoms with Crippen LogP contribution in [0.1, 0.15) is 10.4 Å². The Hall–Kier alpha value is -3.12. The molecule has 2 aromatic heterocycles. The van der Waals surface area contributed by atoms with Crippen LogP contribution in [0.2, 0.25) is 5.02 Å². The van der Waals surface area contributed by atoms with Crippen molar-refractivity contribution in [2.24, 2.45) is 0 Å². The molecule has 0 bridgehead atoms. The second-order valence-corrected chi connectivity index (χ2v) is 6.58. The van der Waals surface area contributed by atoms with E-state index in [0.29, 0.717) is 27.9 Å². The molecule has 6 nitrogen and oxygen atoms in total. The average Bonchev–Trinajstić information content (AvgIpc) is 3.07. The van der Waals surface area contributed by atoms with Crippen molar-refractivity contribution in [3.63, 3.8) is 0 Å². The lowest BCUT2D eigenvalue weighted by Crippen LogP contribution is -2.22. The number of carbonyl (C=O) groups excluding carboxylic acids is 1. The highest BCUT2D eigenvalue weighted by Crippen LogP contribution is 2.27. The predicted octanol–water partition coefficient (Wildman–Crippen LogP) is 3.20. The summed E-state index contributed by atoms with van der Waals surface area (Å²) in [5, 5.41) is 0.285. The van der Waals surface area contributed by atoms with E-state index in [-0.39, 0.29) is 16.5 Å². The van der Waals surface area contributed by atoms with E-state index in [0.717, 1.165) is 5.56 Å². The molecule has 0 saturated carbocycles. The fourth-order valence-electron chi connectivity index (χ4n) is 2.98. The van der Waals surface area contributed by atoms with Crippen LogP contribution >= 0.6 is 11.6 Å². The van der Waals surface area contributed by atoms with Gasteiger partial charge in [-0.1, -0.05) is 41.9 Å². The lowest BCUT2D eigenvalue weighted by Gasteiger charge is -2.13. The number of rotatable bonds is 2. The number of benzene rings is 2. The second kappa shape index (κ2) is 6.00. The maximum atomic E-state index is 12.4. The topological polar surface area (TPSA) is 70.5 Å². The van der Waals surface area contributed by atoms with Gasteiger partial charge in [-0.05, 0) is 12.1 Å². The molecule has 0 radical (unpaired) electrons. The van der Waals surface area contributed by atoms with Crippen molar-refractivity contribution in [3.8, 4) is 11.4 Å². The lowest BCUT2D eigenvalue weighted by molar-refractivity contribution is 0.0828. The number of imidazole rings is 1. The van der Waals surface area contributed by atoms with Crippen LogP contribution in [0.25, 0.3) is 27.9 Å². The van der Waals surface area contributed by atoms with Crippen molar-refractivity contribution in [1.82, 2.24) is 19.3 Å². The van der Waals surface area contributed by atoms with Gasteiger partial charge in [-0.2, -0.15) is 0 Å². The highest BCUT2D eigenvalue weighted by atomic mass is 35.5. The summed E-state index contributed by atoms with van der Waals surface area (Å²) in [4.78, 5) is 33.6. The molecule has 0 aliphatic carbocycles. The minimum absolute atomic E-state index is 0.211. The molecule has 2 aromatic carbocycles. The van der Waals surface area contributed by atoms with Crippen LogP contribution in [-0.4, -0.2) is 39.3 Å². The van der Waals surface area contributed by atoms with Crippen LogP contribution in [0.5, 0.6) is 0 Å². The number of carbonyl (C=O) groups is 1. The van der Waals surface area contributed by atoms with E-state index in [1.54, 1.807) is 30.6 Å². The number of aromatic nitrogens is 3. The molecule has 7 heteroatoms. The van der Waals surface area contributed by atoms with Crippen LogP contribution in [0.4, 0.5) is 0 Å². The number of aromatic amines is 1. The number of nitrogens with zero attached hydrogens (tertiary/aromatic N) is 3. The Morgan fingerprint density at radius 2 is 1.88 bits per heavy atom. The third kappa shape index (κ3) is 2.46. The third-order valence-corrected chi connectivity index (χ3v) is 4.55. The van der Waals surface area contributed by atoms with Crippen molar-refractivity contribution < 1.29 is 4.79 Å². The van der Waals surface area contributed by atoms with Crippen molar-refractivity contribution in [1.29, 1.82) is 0 Å².